The molecule has 3 aromatic rings. The molecule has 10 nitrogen and oxygen atoms in total. The first-order valence-corrected chi connectivity index (χ1v) is 11.3. The van der Waals surface area contributed by atoms with Crippen LogP contribution < -0.4 is 21.5 Å². The Morgan fingerprint density at radius 1 is 1.12 bits per heavy atom. The standard InChI is InChI=1S/C18H21N7O2.C4H8.CH4O/c1-19-15-9-14(23-16-12(17(26)20-2)10-21-25(15)16)22-13-7-4-8-24(18(13)27)11-5-3-6-11;1-2-4-3-1;1-2/h4,7-11,19H,3,5-6H2,1-2H3,(H,20,26)(H,22,23);1-4H2;2H,1H3. The van der Waals surface area contributed by atoms with Gasteiger partial charge in [0.05, 0.1) is 6.20 Å². The predicted molar refractivity (Wildman–Crippen MR) is 129 cm³/mol. The number of nitrogens with zero attached hydrogens (tertiary/aromatic N) is 4. The zero-order valence-electron chi connectivity index (χ0n) is 19.5. The Balaban J connectivity index is 0.000000452. The molecule has 2 aliphatic rings. The van der Waals surface area contributed by atoms with Crippen molar-refractivity contribution in [3.63, 3.8) is 0 Å². The van der Waals surface area contributed by atoms with Crippen molar-refractivity contribution < 1.29 is 9.90 Å². The fraction of sp³-hybridized carbons (Fsp3) is 0.478. The molecule has 10 heteroatoms. The molecule has 0 aliphatic heterocycles. The second-order valence-electron chi connectivity index (χ2n) is 7.91. The average molecular weight is 456 g/mol. The van der Waals surface area contributed by atoms with E-state index in [9.17, 15) is 9.59 Å². The lowest BCUT2D eigenvalue weighted by atomic mass is 9.93. The number of rotatable bonds is 5. The van der Waals surface area contributed by atoms with Crippen molar-refractivity contribution >= 4 is 28.9 Å². The highest BCUT2D eigenvalue weighted by molar-refractivity contribution is 5.99. The molecular formula is C23H33N7O3. The molecule has 3 aromatic heterocycles. The van der Waals surface area contributed by atoms with Gasteiger partial charge in [0.1, 0.15) is 22.9 Å². The van der Waals surface area contributed by atoms with E-state index >= 15 is 0 Å². The van der Waals surface area contributed by atoms with Crippen LogP contribution in [0.2, 0.25) is 0 Å². The molecule has 2 aliphatic carbocycles. The maximum absolute atomic E-state index is 12.8. The third-order valence-corrected chi connectivity index (χ3v) is 5.90. The third-order valence-electron chi connectivity index (χ3n) is 5.90. The van der Waals surface area contributed by atoms with Gasteiger partial charge in [0, 0.05) is 39.5 Å². The molecule has 0 unspecified atom stereocenters. The summed E-state index contributed by atoms with van der Waals surface area (Å²) in [4.78, 5) is 29.3. The predicted octanol–water partition coefficient (Wildman–Crippen LogP) is 2.93. The molecule has 0 saturated heterocycles. The van der Waals surface area contributed by atoms with Crippen molar-refractivity contribution in [2.24, 2.45) is 0 Å². The minimum atomic E-state index is -0.274. The van der Waals surface area contributed by atoms with Crippen LogP contribution in [0.3, 0.4) is 0 Å². The van der Waals surface area contributed by atoms with Gasteiger partial charge < -0.3 is 25.6 Å². The maximum atomic E-state index is 12.8. The van der Waals surface area contributed by atoms with E-state index in [0.29, 0.717) is 28.5 Å². The Morgan fingerprint density at radius 2 is 1.82 bits per heavy atom. The first-order valence-electron chi connectivity index (χ1n) is 11.3. The van der Waals surface area contributed by atoms with Crippen LogP contribution in [0.15, 0.2) is 35.4 Å². The third kappa shape index (κ3) is 5.33. The second kappa shape index (κ2) is 11.5. The largest absolute Gasteiger partial charge is 0.400 e. The lowest BCUT2D eigenvalue weighted by Crippen LogP contribution is -2.29. The smallest absolute Gasteiger partial charge is 0.274 e. The summed E-state index contributed by atoms with van der Waals surface area (Å²) >= 11 is 0. The van der Waals surface area contributed by atoms with Crippen molar-refractivity contribution in [2.45, 2.75) is 51.0 Å². The second-order valence-corrected chi connectivity index (χ2v) is 7.91. The molecule has 0 atom stereocenters. The van der Waals surface area contributed by atoms with Crippen molar-refractivity contribution in [3.8, 4) is 0 Å². The Kier molecular flexibility index (Phi) is 8.42. The zero-order valence-corrected chi connectivity index (χ0v) is 19.5. The molecule has 0 bridgehead atoms. The van der Waals surface area contributed by atoms with Crippen molar-refractivity contribution in [1.82, 2.24) is 24.5 Å². The number of anilines is 3. The quantitative estimate of drug-likeness (QED) is 0.466. The minimum Gasteiger partial charge on any atom is -0.400 e. The molecule has 2 saturated carbocycles. The molecule has 5 rings (SSSR count). The highest BCUT2D eigenvalue weighted by Crippen LogP contribution is 2.30. The minimum absolute atomic E-state index is 0.0742. The van der Waals surface area contributed by atoms with E-state index in [1.54, 1.807) is 35.3 Å². The van der Waals surface area contributed by atoms with Gasteiger partial charge in [-0.25, -0.2) is 4.98 Å². The molecule has 33 heavy (non-hydrogen) atoms. The van der Waals surface area contributed by atoms with Crippen LogP contribution in [-0.4, -0.2) is 51.4 Å². The van der Waals surface area contributed by atoms with E-state index in [1.807, 2.05) is 12.3 Å². The summed E-state index contributed by atoms with van der Waals surface area (Å²) in [6.45, 7) is 0. The zero-order chi connectivity index (χ0) is 23.8. The van der Waals surface area contributed by atoms with E-state index in [-0.39, 0.29) is 17.5 Å². The molecule has 2 fully saturated rings. The van der Waals surface area contributed by atoms with Gasteiger partial charge in [-0.05, 0) is 31.4 Å². The van der Waals surface area contributed by atoms with Crippen LogP contribution in [0.5, 0.6) is 0 Å². The molecule has 0 aromatic carbocycles. The van der Waals surface area contributed by atoms with Crippen LogP contribution in [0.1, 0.15) is 61.3 Å². The lowest BCUT2D eigenvalue weighted by Gasteiger charge is -2.27. The van der Waals surface area contributed by atoms with Crippen molar-refractivity contribution in [1.29, 1.82) is 0 Å². The van der Waals surface area contributed by atoms with Gasteiger partial charge in [0.15, 0.2) is 5.65 Å². The van der Waals surface area contributed by atoms with E-state index in [2.05, 4.69) is 26.0 Å². The van der Waals surface area contributed by atoms with Gasteiger partial charge in [-0.3, -0.25) is 9.59 Å². The Labute approximate surface area is 193 Å². The Hall–Kier alpha value is -3.40. The van der Waals surface area contributed by atoms with Gasteiger partial charge in [0.25, 0.3) is 11.5 Å². The number of aromatic nitrogens is 4. The van der Waals surface area contributed by atoms with E-state index in [4.69, 9.17) is 5.11 Å². The maximum Gasteiger partial charge on any atom is 0.274 e. The van der Waals surface area contributed by atoms with Crippen LogP contribution in [0.25, 0.3) is 5.65 Å². The van der Waals surface area contributed by atoms with Gasteiger partial charge in [-0.2, -0.15) is 9.61 Å². The molecule has 4 N–H and O–H groups in total. The number of aliphatic hydroxyl groups excluding tert-OH is 1. The van der Waals surface area contributed by atoms with Crippen LogP contribution in [-0.2, 0) is 0 Å². The van der Waals surface area contributed by atoms with E-state index in [1.165, 1.54) is 31.9 Å². The van der Waals surface area contributed by atoms with Crippen molar-refractivity contribution in [2.75, 3.05) is 31.8 Å². The first-order chi connectivity index (χ1) is 16.1. The highest BCUT2D eigenvalue weighted by Gasteiger charge is 2.21. The Bertz CT molecular complexity index is 1130. The fourth-order valence-electron chi connectivity index (χ4n) is 3.45. The van der Waals surface area contributed by atoms with Crippen LogP contribution in [0.4, 0.5) is 17.3 Å². The number of carbonyl (C=O) groups excluding carboxylic acids is 1. The summed E-state index contributed by atoms with van der Waals surface area (Å²) in [5.74, 6) is 0.831. The number of fused-ring (bicyclic) bond motifs is 1. The topological polar surface area (TPSA) is 126 Å². The number of amides is 1. The summed E-state index contributed by atoms with van der Waals surface area (Å²) < 4.78 is 3.32. The number of aliphatic hydroxyl groups is 1. The van der Waals surface area contributed by atoms with Gasteiger partial charge in [-0.15, -0.1) is 0 Å². The van der Waals surface area contributed by atoms with Gasteiger partial charge >= 0.3 is 0 Å². The monoisotopic (exact) mass is 455 g/mol. The number of hydrogen-bond donors (Lipinski definition) is 4. The molecular weight excluding hydrogens is 422 g/mol. The summed E-state index contributed by atoms with van der Waals surface area (Å²) in [5, 5.41) is 19.9. The fourth-order valence-corrected chi connectivity index (χ4v) is 3.45. The summed E-state index contributed by atoms with van der Waals surface area (Å²) in [6, 6.07) is 5.61. The molecule has 0 radical (unpaired) electrons. The molecule has 3 heterocycles. The average Bonchev–Trinajstić information content (AvgIpc) is 3.18. The van der Waals surface area contributed by atoms with Crippen LogP contribution in [0, 0.1) is 0 Å². The van der Waals surface area contributed by atoms with E-state index in [0.717, 1.165) is 26.4 Å². The summed E-state index contributed by atoms with van der Waals surface area (Å²) in [5.41, 5.74) is 1.13. The Morgan fingerprint density at radius 3 is 2.36 bits per heavy atom. The summed E-state index contributed by atoms with van der Waals surface area (Å²) in [6.07, 6.45) is 12.5. The highest BCUT2D eigenvalue weighted by atomic mass is 16.2. The van der Waals surface area contributed by atoms with Gasteiger partial charge in [0.2, 0.25) is 0 Å². The van der Waals surface area contributed by atoms with Gasteiger partial charge in [-0.1, -0.05) is 25.7 Å². The normalized spacial score (nSPS) is 14.5. The van der Waals surface area contributed by atoms with Crippen LogP contribution >= 0.6 is 0 Å². The molecule has 178 valence electrons. The SMILES string of the molecule is C1CCC1.CNC(=O)c1cnn2c(NC)cc(Nc3cccn(C4CCC4)c3=O)nc12.CO. The number of pyridine rings is 1. The number of carbonyl (C=O) groups is 1. The lowest BCUT2D eigenvalue weighted by molar-refractivity contribution is 0.0964. The van der Waals surface area contributed by atoms with Crippen molar-refractivity contribution in [3.05, 3.63) is 46.5 Å². The number of hydrogen-bond acceptors (Lipinski definition) is 7. The van der Waals surface area contributed by atoms with E-state index < -0.39 is 0 Å². The summed E-state index contributed by atoms with van der Waals surface area (Å²) in [7, 11) is 4.31. The first kappa shape index (κ1) is 24.2. The number of nitrogens with one attached hydrogen (secondary N) is 3. The molecule has 1 amide bonds. The molecule has 0 spiro atoms.